The van der Waals surface area contributed by atoms with E-state index in [0.717, 1.165) is 34.4 Å². The highest BCUT2D eigenvalue weighted by Crippen LogP contribution is 2.38. The molecule has 0 unspecified atom stereocenters. The number of piperidine rings is 1. The van der Waals surface area contributed by atoms with Crippen LogP contribution in [-0.4, -0.2) is 47.1 Å². The zero-order chi connectivity index (χ0) is 19.1. The number of anilines is 1. The van der Waals surface area contributed by atoms with Gasteiger partial charge in [0.05, 0.1) is 10.3 Å². The van der Waals surface area contributed by atoms with E-state index in [0.29, 0.717) is 12.1 Å². The van der Waals surface area contributed by atoms with E-state index in [2.05, 4.69) is 62.1 Å². The van der Waals surface area contributed by atoms with Gasteiger partial charge in [0.15, 0.2) is 5.82 Å². The molecule has 144 valence electrons. The fourth-order valence-corrected chi connectivity index (χ4v) is 5.56. The highest BCUT2D eigenvalue weighted by Gasteiger charge is 2.27. The maximum Gasteiger partial charge on any atom is 0.173 e. The molecule has 3 aromatic rings. The number of aromatic nitrogens is 2. The molecule has 1 aliphatic heterocycles. The number of nitrogens with zero attached hydrogens (tertiary/aromatic N) is 4. The molecule has 0 radical (unpaired) electrons. The van der Waals surface area contributed by atoms with E-state index in [-0.39, 0.29) is 0 Å². The van der Waals surface area contributed by atoms with Gasteiger partial charge in [-0.2, -0.15) is 0 Å². The molecule has 0 N–H and O–H groups in total. The summed E-state index contributed by atoms with van der Waals surface area (Å²) in [7, 11) is 2.26. The van der Waals surface area contributed by atoms with E-state index in [4.69, 9.17) is 9.97 Å². The summed E-state index contributed by atoms with van der Waals surface area (Å²) >= 11 is 3.51. The number of thiophene rings is 2. The summed E-state index contributed by atoms with van der Waals surface area (Å²) in [4.78, 5) is 18.6. The first kappa shape index (κ1) is 18.8. The minimum Gasteiger partial charge on any atom is -0.356 e. The van der Waals surface area contributed by atoms with Crippen molar-refractivity contribution in [3.8, 4) is 10.7 Å². The molecular formula is C21H28N4S2. The van der Waals surface area contributed by atoms with E-state index in [1.807, 2.05) is 0 Å². The Kier molecular flexibility index (Phi) is 5.23. The summed E-state index contributed by atoms with van der Waals surface area (Å²) in [6.07, 6.45) is 2.38. The van der Waals surface area contributed by atoms with Gasteiger partial charge in [-0.25, -0.2) is 9.97 Å². The first-order valence-electron chi connectivity index (χ1n) is 9.74. The van der Waals surface area contributed by atoms with Gasteiger partial charge in [-0.05, 0) is 64.6 Å². The molecule has 3 aromatic heterocycles. The first-order chi connectivity index (χ1) is 13.0. The quantitative estimate of drug-likeness (QED) is 0.591. The molecule has 1 saturated heterocycles. The second-order valence-corrected chi connectivity index (χ2v) is 9.94. The smallest absolute Gasteiger partial charge is 0.173 e. The Labute approximate surface area is 169 Å². The third kappa shape index (κ3) is 3.50. The Morgan fingerprint density at radius 1 is 1.19 bits per heavy atom. The summed E-state index contributed by atoms with van der Waals surface area (Å²) in [6.45, 7) is 11.1. The highest BCUT2D eigenvalue weighted by molar-refractivity contribution is 7.19. The average Bonchev–Trinajstić information content (AvgIpc) is 3.29. The minimum absolute atomic E-state index is 0.597. The van der Waals surface area contributed by atoms with E-state index >= 15 is 0 Å². The van der Waals surface area contributed by atoms with Gasteiger partial charge >= 0.3 is 0 Å². The molecule has 0 saturated carbocycles. The zero-order valence-corrected chi connectivity index (χ0v) is 18.5. The van der Waals surface area contributed by atoms with Crippen LogP contribution in [0.15, 0.2) is 17.5 Å². The van der Waals surface area contributed by atoms with Crippen LogP contribution >= 0.6 is 22.7 Å². The standard InChI is InChI=1S/C21H28N4S2/c1-13(2)24(5)16-8-10-25(11-9-16)20-18-14(3)15(4)27-21(18)23-19(22-20)17-7-6-12-26-17/h6-7,12-13,16H,8-11H2,1-5H3. The molecule has 0 bridgehead atoms. The Morgan fingerprint density at radius 2 is 1.93 bits per heavy atom. The molecular weight excluding hydrogens is 372 g/mol. The summed E-state index contributed by atoms with van der Waals surface area (Å²) in [5.74, 6) is 2.01. The van der Waals surface area contributed by atoms with Crippen molar-refractivity contribution in [2.24, 2.45) is 0 Å². The number of fused-ring (bicyclic) bond motifs is 1. The lowest BCUT2D eigenvalue weighted by Gasteiger charge is -2.39. The fraction of sp³-hybridized carbons (Fsp3) is 0.524. The van der Waals surface area contributed by atoms with Crippen molar-refractivity contribution in [2.75, 3.05) is 25.0 Å². The van der Waals surface area contributed by atoms with Crippen LogP contribution in [0.3, 0.4) is 0 Å². The molecule has 0 aliphatic carbocycles. The molecule has 0 atom stereocenters. The topological polar surface area (TPSA) is 32.3 Å². The second kappa shape index (κ2) is 7.49. The predicted molar refractivity (Wildman–Crippen MR) is 118 cm³/mol. The normalized spacial score (nSPS) is 16.2. The molecule has 0 aromatic carbocycles. The van der Waals surface area contributed by atoms with E-state index < -0.39 is 0 Å². The van der Waals surface area contributed by atoms with Crippen molar-refractivity contribution in [1.82, 2.24) is 14.9 Å². The summed E-state index contributed by atoms with van der Waals surface area (Å²) < 4.78 is 0. The van der Waals surface area contributed by atoms with Gasteiger partial charge in [0.25, 0.3) is 0 Å². The number of hydrogen-bond donors (Lipinski definition) is 0. The van der Waals surface area contributed by atoms with Crippen LogP contribution < -0.4 is 4.90 Å². The van der Waals surface area contributed by atoms with Gasteiger partial charge in [-0.15, -0.1) is 22.7 Å². The van der Waals surface area contributed by atoms with E-state index in [1.54, 1.807) is 22.7 Å². The van der Waals surface area contributed by atoms with Gasteiger partial charge in [-0.1, -0.05) is 6.07 Å². The van der Waals surface area contributed by atoms with Crippen LogP contribution in [0.4, 0.5) is 5.82 Å². The summed E-state index contributed by atoms with van der Waals surface area (Å²) in [6, 6.07) is 5.46. The predicted octanol–water partition coefficient (Wildman–Crippen LogP) is 5.35. The zero-order valence-electron chi connectivity index (χ0n) is 16.8. The Bertz CT molecular complexity index is 921. The molecule has 4 nitrogen and oxygen atoms in total. The molecule has 0 spiro atoms. The van der Waals surface area contributed by atoms with Gasteiger partial charge in [0.1, 0.15) is 10.6 Å². The molecule has 1 fully saturated rings. The summed E-state index contributed by atoms with van der Waals surface area (Å²) in [5, 5.41) is 3.36. The lowest BCUT2D eigenvalue weighted by Crippen LogP contribution is -2.46. The number of aryl methyl sites for hydroxylation is 2. The van der Waals surface area contributed by atoms with E-state index in [1.165, 1.54) is 28.7 Å². The molecule has 4 heterocycles. The van der Waals surface area contributed by atoms with Crippen LogP contribution in [0.1, 0.15) is 37.1 Å². The minimum atomic E-state index is 0.597. The van der Waals surface area contributed by atoms with Crippen molar-refractivity contribution in [3.63, 3.8) is 0 Å². The largest absolute Gasteiger partial charge is 0.356 e. The Balaban J connectivity index is 1.70. The van der Waals surface area contributed by atoms with Crippen LogP contribution in [0.25, 0.3) is 20.9 Å². The lowest BCUT2D eigenvalue weighted by molar-refractivity contribution is 0.168. The van der Waals surface area contributed by atoms with Crippen molar-refractivity contribution in [2.45, 2.75) is 52.6 Å². The second-order valence-electron chi connectivity index (χ2n) is 7.79. The van der Waals surface area contributed by atoms with E-state index in [9.17, 15) is 0 Å². The highest BCUT2D eigenvalue weighted by atomic mass is 32.1. The lowest BCUT2D eigenvalue weighted by atomic mass is 10.0. The van der Waals surface area contributed by atoms with Gasteiger partial charge < -0.3 is 9.80 Å². The first-order valence-corrected chi connectivity index (χ1v) is 11.4. The molecule has 4 rings (SSSR count). The SMILES string of the molecule is Cc1sc2nc(-c3cccs3)nc(N3CCC(N(C)C(C)C)CC3)c2c1C. The molecule has 6 heteroatoms. The van der Waals surface area contributed by atoms with Crippen LogP contribution in [0.2, 0.25) is 0 Å². The molecule has 0 amide bonds. The van der Waals surface area contributed by atoms with Crippen molar-refractivity contribution in [1.29, 1.82) is 0 Å². The Morgan fingerprint density at radius 3 is 2.56 bits per heavy atom. The Hall–Kier alpha value is -1.50. The fourth-order valence-electron chi connectivity index (χ4n) is 3.88. The number of rotatable bonds is 4. The van der Waals surface area contributed by atoms with Gasteiger partial charge in [0, 0.05) is 30.1 Å². The summed E-state index contributed by atoms with van der Waals surface area (Å²) in [5.41, 5.74) is 1.34. The van der Waals surface area contributed by atoms with Crippen LogP contribution in [0, 0.1) is 13.8 Å². The maximum atomic E-state index is 5.06. The third-order valence-corrected chi connectivity index (χ3v) is 7.87. The van der Waals surface area contributed by atoms with Crippen LogP contribution in [0.5, 0.6) is 0 Å². The molecule has 27 heavy (non-hydrogen) atoms. The van der Waals surface area contributed by atoms with Gasteiger partial charge in [-0.3, -0.25) is 0 Å². The van der Waals surface area contributed by atoms with Crippen LogP contribution in [-0.2, 0) is 0 Å². The monoisotopic (exact) mass is 400 g/mol. The maximum absolute atomic E-state index is 5.06. The average molecular weight is 401 g/mol. The van der Waals surface area contributed by atoms with Crippen molar-refractivity contribution in [3.05, 3.63) is 28.0 Å². The third-order valence-electron chi connectivity index (χ3n) is 5.91. The van der Waals surface area contributed by atoms with Crippen molar-refractivity contribution < 1.29 is 0 Å². The number of hydrogen-bond acceptors (Lipinski definition) is 6. The van der Waals surface area contributed by atoms with Gasteiger partial charge in [0.2, 0.25) is 0 Å². The van der Waals surface area contributed by atoms with Crippen molar-refractivity contribution >= 4 is 38.7 Å². The molecule has 1 aliphatic rings.